The van der Waals surface area contributed by atoms with Crippen molar-refractivity contribution in [3.8, 4) is 17.2 Å². The summed E-state index contributed by atoms with van der Waals surface area (Å²) in [6.45, 7) is 0.708. The Morgan fingerprint density at radius 3 is 2.28 bits per heavy atom. The molecule has 3 aromatic carbocycles. The van der Waals surface area contributed by atoms with Crippen LogP contribution in [0.3, 0.4) is 0 Å². The fraction of sp³-hybridized carbons (Fsp3) is 0.353. The number of benzene rings is 3. The van der Waals surface area contributed by atoms with Gasteiger partial charge in [-0.15, -0.1) is 0 Å². The molecule has 1 aliphatic rings. The van der Waals surface area contributed by atoms with Crippen LogP contribution in [0.4, 0.5) is 13.2 Å². The predicted molar refractivity (Wildman–Crippen MR) is 167 cm³/mol. The molecule has 1 fully saturated rings. The summed E-state index contributed by atoms with van der Waals surface area (Å²) in [6.07, 6.45) is -4.28. The van der Waals surface area contributed by atoms with Crippen molar-refractivity contribution in [2.45, 2.75) is 49.9 Å². The maximum atomic E-state index is 13.8. The Kier molecular flexibility index (Phi) is 11.1. The monoisotopic (exact) mass is 654 g/mol. The number of hydrogen-bond donors (Lipinski definition) is 2. The lowest BCUT2D eigenvalue weighted by atomic mass is 9.87. The molecule has 0 bridgehead atoms. The largest absolute Gasteiger partial charge is 0.465 e. The first-order chi connectivity index (χ1) is 21.8. The van der Waals surface area contributed by atoms with Crippen LogP contribution in [0.25, 0.3) is 11.1 Å². The molecule has 4 rings (SSSR count). The van der Waals surface area contributed by atoms with Crippen molar-refractivity contribution in [1.29, 1.82) is 5.26 Å². The molecule has 0 spiro atoms. The number of ether oxygens (including phenoxy) is 1. The maximum Gasteiger partial charge on any atom is 0.401 e. The van der Waals surface area contributed by atoms with Crippen LogP contribution in [-0.2, 0) is 9.53 Å². The molecule has 0 radical (unpaired) electrons. The molecule has 2 atom stereocenters. The zero-order valence-corrected chi connectivity index (χ0v) is 26.1. The highest BCUT2D eigenvalue weighted by atomic mass is 35.5. The van der Waals surface area contributed by atoms with Gasteiger partial charge in [0.15, 0.2) is 0 Å². The molecule has 242 valence electrons. The topological polar surface area (TPSA) is 112 Å². The van der Waals surface area contributed by atoms with E-state index in [0.29, 0.717) is 16.1 Å². The van der Waals surface area contributed by atoms with Crippen LogP contribution in [0.15, 0.2) is 72.8 Å². The number of nitrogens with zero attached hydrogens (tertiary/aromatic N) is 2. The smallest absolute Gasteiger partial charge is 0.401 e. The van der Waals surface area contributed by atoms with Gasteiger partial charge in [-0.2, -0.15) is 18.4 Å². The number of likely N-dealkylation sites (tertiary alicyclic amines) is 1. The number of esters is 1. The number of carbonyl (C=O) groups excluding carboxylic acids is 3. The number of piperidine rings is 1. The van der Waals surface area contributed by atoms with Crippen molar-refractivity contribution < 1.29 is 32.3 Å². The van der Waals surface area contributed by atoms with E-state index in [0.717, 1.165) is 5.56 Å². The van der Waals surface area contributed by atoms with Crippen molar-refractivity contribution in [2.24, 2.45) is 0 Å². The van der Waals surface area contributed by atoms with Gasteiger partial charge in [0, 0.05) is 23.7 Å². The number of rotatable bonds is 10. The first kappa shape index (κ1) is 34.5. The number of halogens is 4. The van der Waals surface area contributed by atoms with Gasteiger partial charge in [-0.25, -0.2) is 4.79 Å². The Hall–Kier alpha value is -4.40. The molecular formula is C34H34ClF3N4O4. The molecule has 8 nitrogen and oxygen atoms in total. The highest BCUT2D eigenvalue weighted by Crippen LogP contribution is 2.30. The van der Waals surface area contributed by atoms with Crippen LogP contribution < -0.4 is 10.6 Å². The first-order valence-electron chi connectivity index (χ1n) is 14.7. The Morgan fingerprint density at radius 1 is 1.02 bits per heavy atom. The molecule has 0 aliphatic carbocycles. The van der Waals surface area contributed by atoms with E-state index in [-0.39, 0.29) is 49.4 Å². The van der Waals surface area contributed by atoms with Gasteiger partial charge in [-0.3, -0.25) is 14.5 Å². The third-order valence-electron chi connectivity index (χ3n) is 8.12. The third kappa shape index (κ3) is 8.65. The van der Waals surface area contributed by atoms with Gasteiger partial charge in [0.05, 0.1) is 30.9 Å². The van der Waals surface area contributed by atoms with Gasteiger partial charge in [0.2, 0.25) is 5.91 Å². The van der Waals surface area contributed by atoms with Crippen LogP contribution in [0.5, 0.6) is 0 Å². The molecule has 2 amide bonds. The fourth-order valence-electron chi connectivity index (χ4n) is 5.56. The summed E-state index contributed by atoms with van der Waals surface area (Å²) < 4.78 is 43.7. The number of nitriles is 1. The van der Waals surface area contributed by atoms with E-state index < -0.39 is 42.1 Å². The SMILES string of the molecule is COC(=O)c1cc(-c2ccccc2Cl)ccc1C(=O)N[C@@H](C[C@H](C)c1ccccc1)C(=O)NC1(C#N)CCN(CC(F)(F)F)CC1. The van der Waals surface area contributed by atoms with Gasteiger partial charge in [-0.05, 0) is 54.5 Å². The van der Waals surface area contributed by atoms with Crippen molar-refractivity contribution in [1.82, 2.24) is 15.5 Å². The summed E-state index contributed by atoms with van der Waals surface area (Å²) >= 11 is 6.35. The standard InChI is InChI=1S/C34H34ClF3N4O4/c1-22(23-8-4-3-5-9-23)18-29(31(44)41-33(20-39)14-16-42(17-15-33)21-34(36,37)38)40-30(43)26-13-12-24(19-27(26)32(45)46-2)25-10-6-7-11-28(25)35/h3-13,19,22,29H,14-18,21H2,1-2H3,(H,40,43)(H,41,44)/t22-,29-/m0/s1. The van der Waals surface area contributed by atoms with Gasteiger partial charge < -0.3 is 15.4 Å². The Bertz CT molecular complexity index is 1600. The fourth-order valence-corrected chi connectivity index (χ4v) is 5.80. The minimum atomic E-state index is -4.38. The Balaban J connectivity index is 1.61. The van der Waals surface area contributed by atoms with Crippen molar-refractivity contribution in [3.63, 3.8) is 0 Å². The second-order valence-electron chi connectivity index (χ2n) is 11.4. The van der Waals surface area contributed by atoms with E-state index in [9.17, 15) is 32.8 Å². The minimum absolute atomic E-state index is 0.0176. The van der Waals surface area contributed by atoms with E-state index in [1.807, 2.05) is 37.3 Å². The molecule has 0 aromatic heterocycles. The number of amides is 2. The van der Waals surface area contributed by atoms with Gasteiger partial charge in [0.25, 0.3) is 5.91 Å². The van der Waals surface area contributed by atoms with Gasteiger partial charge in [0.1, 0.15) is 11.6 Å². The summed E-state index contributed by atoms with van der Waals surface area (Å²) in [5.74, 6) is -2.37. The van der Waals surface area contributed by atoms with Crippen molar-refractivity contribution in [3.05, 3.63) is 94.5 Å². The molecule has 2 N–H and O–H groups in total. The van der Waals surface area contributed by atoms with Gasteiger partial charge >= 0.3 is 12.1 Å². The molecule has 12 heteroatoms. The molecule has 0 saturated carbocycles. The molecule has 1 saturated heterocycles. The lowest BCUT2D eigenvalue weighted by Gasteiger charge is -2.38. The Morgan fingerprint density at radius 2 is 1.67 bits per heavy atom. The average molecular weight is 655 g/mol. The van der Waals surface area contributed by atoms with Gasteiger partial charge in [-0.1, -0.05) is 73.1 Å². The molecule has 46 heavy (non-hydrogen) atoms. The predicted octanol–water partition coefficient (Wildman–Crippen LogP) is 6.12. The lowest BCUT2D eigenvalue weighted by Crippen LogP contribution is -2.59. The molecular weight excluding hydrogens is 621 g/mol. The summed E-state index contributed by atoms with van der Waals surface area (Å²) in [6, 6.07) is 21.8. The highest BCUT2D eigenvalue weighted by molar-refractivity contribution is 6.33. The van der Waals surface area contributed by atoms with E-state index >= 15 is 0 Å². The van der Waals surface area contributed by atoms with E-state index in [1.165, 1.54) is 24.1 Å². The summed E-state index contributed by atoms with van der Waals surface area (Å²) in [5, 5.41) is 15.9. The lowest BCUT2D eigenvalue weighted by molar-refractivity contribution is -0.149. The normalized spacial score (nSPS) is 16.0. The number of carbonyl (C=O) groups is 3. The summed E-state index contributed by atoms with van der Waals surface area (Å²) in [4.78, 5) is 41.6. The van der Waals surface area contributed by atoms with Crippen LogP contribution in [-0.4, -0.2) is 67.2 Å². The van der Waals surface area contributed by atoms with Crippen LogP contribution in [0.2, 0.25) is 5.02 Å². The Labute approximate surface area is 270 Å². The van der Waals surface area contributed by atoms with Crippen molar-refractivity contribution in [2.75, 3.05) is 26.7 Å². The summed E-state index contributed by atoms with van der Waals surface area (Å²) in [7, 11) is 1.19. The quantitative estimate of drug-likeness (QED) is 0.255. The van der Waals surface area contributed by atoms with E-state index in [1.54, 1.807) is 30.3 Å². The number of hydrogen-bond acceptors (Lipinski definition) is 6. The van der Waals surface area contributed by atoms with E-state index in [4.69, 9.17) is 16.3 Å². The molecule has 1 aliphatic heterocycles. The second kappa shape index (κ2) is 14.8. The van der Waals surface area contributed by atoms with Crippen LogP contribution in [0.1, 0.15) is 58.4 Å². The molecule has 3 aromatic rings. The zero-order valence-electron chi connectivity index (χ0n) is 25.4. The second-order valence-corrected chi connectivity index (χ2v) is 11.8. The number of alkyl halides is 3. The number of methoxy groups -OCH3 is 1. The van der Waals surface area contributed by atoms with Crippen LogP contribution >= 0.6 is 11.6 Å². The third-order valence-corrected chi connectivity index (χ3v) is 8.45. The van der Waals surface area contributed by atoms with E-state index in [2.05, 4.69) is 16.7 Å². The average Bonchev–Trinajstić information content (AvgIpc) is 3.04. The van der Waals surface area contributed by atoms with Crippen LogP contribution in [0, 0.1) is 11.3 Å². The highest BCUT2D eigenvalue weighted by Gasteiger charge is 2.41. The minimum Gasteiger partial charge on any atom is -0.465 e. The van der Waals surface area contributed by atoms with Crippen molar-refractivity contribution >= 4 is 29.4 Å². The number of nitrogens with one attached hydrogen (secondary N) is 2. The first-order valence-corrected chi connectivity index (χ1v) is 15.1. The molecule has 1 heterocycles. The maximum absolute atomic E-state index is 13.8. The molecule has 0 unspecified atom stereocenters. The summed E-state index contributed by atoms with van der Waals surface area (Å²) in [5.41, 5.74) is 0.623. The zero-order chi connectivity index (χ0) is 33.5.